The quantitative estimate of drug-likeness (QED) is 0.0704. The number of nitrogens with zero attached hydrogens (tertiary/aromatic N) is 8. The van der Waals surface area contributed by atoms with Gasteiger partial charge in [-0.25, -0.2) is 9.78 Å². The van der Waals surface area contributed by atoms with Gasteiger partial charge in [0.25, 0.3) is 0 Å². The molecule has 20 heteroatoms. The second-order valence-electron chi connectivity index (χ2n) is 25.0. The summed E-state index contributed by atoms with van der Waals surface area (Å²) < 4.78 is 18.5. The number of hydrogen-bond acceptors (Lipinski definition) is 15. The summed E-state index contributed by atoms with van der Waals surface area (Å²) in [5.41, 5.74) is 6.60. The average Bonchev–Trinajstić information content (AvgIpc) is 3.46. The molecule has 2 unspecified atom stereocenters. The van der Waals surface area contributed by atoms with Crippen molar-refractivity contribution in [2.45, 2.75) is 161 Å². The van der Waals surface area contributed by atoms with Gasteiger partial charge < -0.3 is 44.7 Å². The van der Waals surface area contributed by atoms with Crippen LogP contribution in [0.25, 0.3) is 21.2 Å². The van der Waals surface area contributed by atoms with Gasteiger partial charge in [-0.3, -0.25) is 24.2 Å². The van der Waals surface area contributed by atoms with E-state index in [1.165, 1.54) is 4.90 Å². The predicted octanol–water partition coefficient (Wildman–Crippen LogP) is 8.88. The number of amides is 4. The normalized spacial score (nSPS) is 21.9. The number of ether oxygens (including phenoxy) is 3. The molecule has 18 nitrogen and oxygen atoms in total. The van der Waals surface area contributed by atoms with Gasteiger partial charge >= 0.3 is 12.1 Å². The van der Waals surface area contributed by atoms with Crippen molar-refractivity contribution in [2.24, 2.45) is 5.41 Å². The molecule has 5 aromatic rings. The molecule has 0 radical (unpaired) electrons. The maximum atomic E-state index is 14.3. The first kappa shape index (κ1) is 59.1. The van der Waals surface area contributed by atoms with Gasteiger partial charge in [0.05, 0.1) is 64.2 Å². The van der Waals surface area contributed by atoms with Crippen LogP contribution in [0.1, 0.15) is 122 Å². The number of fused-ring (bicyclic) bond motifs is 4. The van der Waals surface area contributed by atoms with E-state index in [1.807, 2.05) is 102 Å². The topological polar surface area (TPSA) is 195 Å². The maximum Gasteiger partial charge on any atom is 0.410 e. The third kappa shape index (κ3) is 13.4. The van der Waals surface area contributed by atoms with E-state index in [0.717, 1.165) is 113 Å². The lowest BCUT2D eigenvalue weighted by Crippen LogP contribution is -2.58. The zero-order valence-electron chi connectivity index (χ0n) is 48.8. The minimum atomic E-state index is -0.936. The summed E-state index contributed by atoms with van der Waals surface area (Å²) in [6.07, 6.45) is 4.36. The highest BCUT2D eigenvalue weighted by Crippen LogP contribution is 2.40. The van der Waals surface area contributed by atoms with Gasteiger partial charge in [-0.1, -0.05) is 80.9 Å². The van der Waals surface area contributed by atoms with E-state index in [4.69, 9.17) is 35.8 Å². The average molecular weight is 1160 g/mol. The minimum absolute atomic E-state index is 0.00665. The number of carbonyl (C=O) groups is 4. The number of aryl methyl sites for hydroxylation is 1. The lowest BCUT2D eigenvalue weighted by Gasteiger charge is -2.43. The zero-order chi connectivity index (χ0) is 58.0. The number of anilines is 2. The first-order valence-corrected chi connectivity index (χ1v) is 30.6. The molecule has 7 atom stereocenters. The number of β-amino-alcohol motifs (C(OH)–C–C–N with tert-alkyl or cyclic N) is 1. The van der Waals surface area contributed by atoms with E-state index in [0.29, 0.717) is 43.9 Å². The molecule has 4 saturated heterocycles. The van der Waals surface area contributed by atoms with Crippen LogP contribution in [0.2, 0.25) is 5.02 Å². The van der Waals surface area contributed by atoms with Gasteiger partial charge in [-0.2, -0.15) is 9.97 Å². The maximum absolute atomic E-state index is 14.3. The van der Waals surface area contributed by atoms with E-state index in [9.17, 15) is 24.3 Å². The molecule has 0 spiro atoms. The van der Waals surface area contributed by atoms with Gasteiger partial charge in [0.15, 0.2) is 0 Å². The number of carbonyl (C=O) groups excluding carboxylic acids is 4. The van der Waals surface area contributed by atoms with Crippen molar-refractivity contribution in [3.8, 4) is 16.5 Å². The Kier molecular flexibility index (Phi) is 18.0. The van der Waals surface area contributed by atoms with Crippen LogP contribution >= 0.6 is 22.9 Å². The van der Waals surface area contributed by atoms with Crippen molar-refractivity contribution in [1.82, 2.24) is 40.3 Å². The van der Waals surface area contributed by atoms with Crippen molar-refractivity contribution in [3.05, 3.63) is 93.7 Å². The summed E-state index contributed by atoms with van der Waals surface area (Å²) >= 11 is 8.43. The summed E-state index contributed by atoms with van der Waals surface area (Å²) in [7, 11) is 0. The first-order chi connectivity index (χ1) is 39.2. The number of rotatable bonds is 18. The molecule has 2 bridgehead atoms. The fraction of sp³-hybridized carbons (Fsp3) is 0.565. The highest BCUT2D eigenvalue weighted by atomic mass is 35.5. The van der Waals surface area contributed by atoms with Crippen LogP contribution in [0.4, 0.5) is 16.3 Å². The molecule has 3 N–H and O–H groups in total. The summed E-state index contributed by atoms with van der Waals surface area (Å²) in [6.45, 7) is 20.7. The summed E-state index contributed by atoms with van der Waals surface area (Å²) in [5, 5.41) is 19.6. The lowest BCUT2D eigenvalue weighted by atomic mass is 9.85. The first-order valence-electron chi connectivity index (χ1n) is 29.3. The zero-order valence-corrected chi connectivity index (χ0v) is 50.4. The third-order valence-electron chi connectivity index (χ3n) is 16.8. The van der Waals surface area contributed by atoms with E-state index in [2.05, 4.69) is 54.6 Å². The number of aliphatic hydroxyl groups excluding tert-OH is 1. The highest BCUT2D eigenvalue weighted by Gasteiger charge is 2.47. The predicted molar refractivity (Wildman–Crippen MR) is 319 cm³/mol. The Bertz CT molecular complexity index is 3090. The molecular weight excluding hydrogens is 1080 g/mol. The smallest absolute Gasteiger partial charge is 0.410 e. The summed E-state index contributed by atoms with van der Waals surface area (Å²) in [5.74, 6) is -0.206. The number of aromatic nitrogens is 3. The molecule has 7 heterocycles. The molecule has 440 valence electrons. The third-order valence-corrected chi connectivity index (χ3v) is 18.0. The second kappa shape index (κ2) is 25.0. The molecule has 2 aromatic heterocycles. The monoisotopic (exact) mass is 1160 g/mol. The van der Waals surface area contributed by atoms with Gasteiger partial charge in [0, 0.05) is 74.9 Å². The van der Waals surface area contributed by atoms with Crippen LogP contribution in [-0.2, 0) is 36.8 Å². The molecule has 5 aliphatic rings. The van der Waals surface area contributed by atoms with Gasteiger partial charge in [-0.05, 0) is 114 Å². The Morgan fingerprint density at radius 3 is 2.34 bits per heavy atom. The van der Waals surface area contributed by atoms with E-state index < -0.39 is 35.1 Å². The van der Waals surface area contributed by atoms with Crippen LogP contribution < -0.4 is 25.2 Å². The SMILES string of the molecule is Cc1ncsc1-c1ccc([C@H](C)NC(=O)[C@@H]2C[C@@H](O)CN2C(=O)[C@@H](NC(=O)CCOCCCN2CCC[C@H]2COc2nc3c(c(N4CC5CCC(C4)N5C(=O)OC(C)(C)C)n2)CCN(c2cccc4cccc(Cl)c24)C3)C(C)(C)C)cc1. The van der Waals surface area contributed by atoms with Crippen LogP contribution in [-0.4, -0.2) is 160 Å². The summed E-state index contributed by atoms with van der Waals surface area (Å²) in [6, 6.07) is 18.7. The molecule has 4 fully saturated rings. The number of nitrogens with one attached hydrogen (secondary N) is 2. The van der Waals surface area contributed by atoms with Gasteiger partial charge in [0.1, 0.15) is 30.1 Å². The van der Waals surface area contributed by atoms with Crippen molar-refractivity contribution in [2.75, 3.05) is 68.9 Å². The Labute approximate surface area is 491 Å². The van der Waals surface area contributed by atoms with Crippen molar-refractivity contribution >= 4 is 69.0 Å². The second-order valence-corrected chi connectivity index (χ2v) is 26.2. The van der Waals surface area contributed by atoms with Gasteiger partial charge in [-0.15, -0.1) is 11.3 Å². The number of hydrogen-bond donors (Lipinski definition) is 3. The summed E-state index contributed by atoms with van der Waals surface area (Å²) in [4.78, 5) is 81.3. The lowest BCUT2D eigenvalue weighted by molar-refractivity contribution is -0.144. The number of benzene rings is 3. The number of thiazole rings is 1. The Morgan fingerprint density at radius 2 is 1.63 bits per heavy atom. The van der Waals surface area contributed by atoms with E-state index in [1.54, 1.807) is 11.3 Å². The van der Waals surface area contributed by atoms with Crippen molar-refractivity contribution in [1.29, 1.82) is 0 Å². The Hall–Kier alpha value is -6.12. The van der Waals surface area contributed by atoms with Crippen LogP contribution in [0, 0.1) is 12.3 Å². The van der Waals surface area contributed by atoms with E-state index >= 15 is 0 Å². The number of piperazine rings is 1. The number of aliphatic hydroxyl groups is 1. The van der Waals surface area contributed by atoms with Crippen molar-refractivity contribution < 1.29 is 38.5 Å². The fourth-order valence-corrected chi connectivity index (χ4v) is 13.7. The molecule has 3 aromatic carbocycles. The van der Waals surface area contributed by atoms with Crippen LogP contribution in [0.3, 0.4) is 0 Å². The van der Waals surface area contributed by atoms with Crippen molar-refractivity contribution in [3.63, 3.8) is 0 Å². The highest BCUT2D eigenvalue weighted by molar-refractivity contribution is 7.13. The molecule has 5 aliphatic heterocycles. The molecule has 10 rings (SSSR count). The van der Waals surface area contributed by atoms with Gasteiger partial charge in [0.2, 0.25) is 17.7 Å². The van der Waals surface area contributed by atoms with Crippen LogP contribution in [0.5, 0.6) is 6.01 Å². The largest absolute Gasteiger partial charge is 0.462 e. The molecule has 82 heavy (non-hydrogen) atoms. The van der Waals surface area contributed by atoms with E-state index in [-0.39, 0.29) is 68.1 Å². The molecular formula is C62H81ClN10O8S. The minimum Gasteiger partial charge on any atom is -0.462 e. The number of halogens is 1. The Morgan fingerprint density at radius 1 is 0.890 bits per heavy atom. The van der Waals surface area contributed by atoms with Crippen LogP contribution in [0.15, 0.2) is 66.2 Å². The molecule has 0 aliphatic carbocycles. The molecule has 0 saturated carbocycles. The number of likely N-dealkylation sites (tertiary alicyclic amines) is 2. The fourth-order valence-electron chi connectivity index (χ4n) is 12.6. The Balaban J connectivity index is 0.720. The molecule has 4 amide bonds. The standard InChI is InChI=1S/C62H81ClN10O8S/c1-38(40-18-20-42(21-19-40)54-39(2)64-37-82-54)65-57(76)51-31-46(74)34-72(51)58(77)55(61(3,4)5)67-52(75)25-30-79-29-12-27-69-26-11-15-45(69)36-80-59-66-49-35-70(50-17-10-14-41-13-9-16-48(63)53(41)50)28-24-47(49)56(68-59)71-32-43-22-23-44(33-71)73(43)60(78)81-62(6,7)8/h9-10,13-14,16-21,37-38,43-46,51,55,74H,11-12,15,22-36H2,1-8H3,(H,65,76)(H,67,75)/t38-,43?,44?,45-,46+,51-,55+/m0/s1.